The minimum Gasteiger partial charge on any atom is -0.497 e. The molecule has 2 rings (SSSR count). The molecule has 5 nitrogen and oxygen atoms in total. The molecular formula is C15H24N2O3S. The van der Waals surface area contributed by atoms with Crippen molar-refractivity contribution in [2.45, 2.75) is 38.6 Å². The topological polar surface area (TPSA) is 67.4 Å². The number of hydrogen-bond acceptors (Lipinski definition) is 4. The first kappa shape index (κ1) is 16.1. The van der Waals surface area contributed by atoms with Gasteiger partial charge in [-0.25, -0.2) is 8.42 Å². The van der Waals surface area contributed by atoms with E-state index in [9.17, 15) is 8.42 Å². The molecule has 1 fully saturated rings. The highest BCUT2D eigenvalue weighted by atomic mass is 32.2. The van der Waals surface area contributed by atoms with Crippen molar-refractivity contribution in [3.05, 3.63) is 23.8 Å². The first-order valence-corrected chi connectivity index (χ1v) is 9.04. The summed E-state index contributed by atoms with van der Waals surface area (Å²) in [7, 11) is -1.69. The molecule has 21 heavy (non-hydrogen) atoms. The van der Waals surface area contributed by atoms with Crippen molar-refractivity contribution in [1.29, 1.82) is 0 Å². The van der Waals surface area contributed by atoms with E-state index in [0.29, 0.717) is 18.2 Å². The number of unbranched alkanes of at least 4 members (excludes halogenated alkanes) is 1. The van der Waals surface area contributed by atoms with Crippen molar-refractivity contribution in [3.8, 4) is 5.75 Å². The molecule has 1 saturated carbocycles. The van der Waals surface area contributed by atoms with Gasteiger partial charge in [0.15, 0.2) is 0 Å². The number of anilines is 1. The number of ether oxygens (including phenoxy) is 1. The second-order valence-corrected chi connectivity index (χ2v) is 7.38. The third kappa shape index (κ3) is 5.55. The van der Waals surface area contributed by atoms with Crippen LogP contribution in [0, 0.1) is 6.92 Å². The number of aryl methyl sites for hydroxylation is 1. The van der Waals surface area contributed by atoms with Gasteiger partial charge in [0.2, 0.25) is 10.0 Å². The van der Waals surface area contributed by atoms with Gasteiger partial charge in [-0.3, -0.25) is 4.72 Å². The van der Waals surface area contributed by atoms with Crippen LogP contribution in [-0.2, 0) is 10.0 Å². The molecule has 0 atom stereocenters. The van der Waals surface area contributed by atoms with Crippen LogP contribution in [0.4, 0.5) is 5.69 Å². The van der Waals surface area contributed by atoms with Gasteiger partial charge in [-0.05, 0) is 62.9 Å². The van der Waals surface area contributed by atoms with Gasteiger partial charge in [0.05, 0.1) is 18.6 Å². The van der Waals surface area contributed by atoms with Crippen molar-refractivity contribution in [2.24, 2.45) is 0 Å². The summed E-state index contributed by atoms with van der Waals surface area (Å²) in [6.45, 7) is 2.77. The molecule has 2 N–H and O–H groups in total. The standard InChI is InChI=1S/C15H24N2O3S/c1-12-11-14(20-2)7-8-15(12)17-21(18,19)10-4-3-9-16-13-5-6-13/h7-8,11,13,16-17H,3-6,9-10H2,1-2H3. The molecule has 0 radical (unpaired) electrons. The maximum atomic E-state index is 12.1. The zero-order valence-electron chi connectivity index (χ0n) is 12.7. The van der Waals surface area contributed by atoms with Crippen LogP contribution in [0.2, 0.25) is 0 Å². The predicted octanol–water partition coefficient (Wildman–Crippen LogP) is 2.28. The molecule has 0 aliphatic heterocycles. The molecule has 1 aliphatic carbocycles. The van der Waals surface area contributed by atoms with E-state index in [4.69, 9.17) is 4.74 Å². The van der Waals surface area contributed by atoms with E-state index in [1.54, 1.807) is 19.2 Å². The Kier molecular flexibility index (Phi) is 5.47. The smallest absolute Gasteiger partial charge is 0.232 e. The van der Waals surface area contributed by atoms with Gasteiger partial charge in [0, 0.05) is 6.04 Å². The third-order valence-electron chi connectivity index (χ3n) is 3.55. The van der Waals surface area contributed by atoms with E-state index in [-0.39, 0.29) is 5.75 Å². The number of rotatable bonds is 9. The monoisotopic (exact) mass is 312 g/mol. The summed E-state index contributed by atoms with van der Waals surface area (Å²) >= 11 is 0. The molecule has 0 saturated heterocycles. The van der Waals surface area contributed by atoms with Crippen LogP contribution >= 0.6 is 0 Å². The Morgan fingerprint density at radius 1 is 1.29 bits per heavy atom. The van der Waals surface area contributed by atoms with Gasteiger partial charge in [0.25, 0.3) is 0 Å². The normalized spacial score (nSPS) is 15.0. The van der Waals surface area contributed by atoms with Crippen molar-refractivity contribution in [2.75, 3.05) is 24.1 Å². The molecule has 0 unspecified atom stereocenters. The molecule has 1 aromatic carbocycles. The molecule has 0 bridgehead atoms. The highest BCUT2D eigenvalue weighted by Crippen LogP contribution is 2.22. The Hall–Kier alpha value is -1.27. The summed E-state index contributed by atoms with van der Waals surface area (Å²) in [5, 5.41) is 3.39. The molecule has 0 spiro atoms. The molecule has 1 aliphatic rings. The van der Waals surface area contributed by atoms with E-state index >= 15 is 0 Å². The Bertz CT molecular complexity index is 568. The van der Waals surface area contributed by atoms with Gasteiger partial charge >= 0.3 is 0 Å². The number of benzene rings is 1. The van der Waals surface area contributed by atoms with Crippen LogP contribution in [0.15, 0.2) is 18.2 Å². The Morgan fingerprint density at radius 2 is 2.05 bits per heavy atom. The van der Waals surface area contributed by atoms with Crippen LogP contribution in [0.1, 0.15) is 31.2 Å². The average Bonchev–Trinajstić information content (AvgIpc) is 3.24. The minimum absolute atomic E-state index is 0.158. The lowest BCUT2D eigenvalue weighted by atomic mass is 10.2. The van der Waals surface area contributed by atoms with Gasteiger partial charge in [-0.2, -0.15) is 0 Å². The molecular weight excluding hydrogens is 288 g/mol. The molecule has 0 heterocycles. The fourth-order valence-corrected chi connectivity index (χ4v) is 3.36. The number of nitrogens with one attached hydrogen (secondary N) is 2. The Labute approximate surface area is 127 Å². The summed E-state index contributed by atoms with van der Waals surface area (Å²) in [6.07, 6.45) is 4.08. The van der Waals surface area contributed by atoms with Crippen LogP contribution in [0.3, 0.4) is 0 Å². The van der Waals surface area contributed by atoms with Gasteiger partial charge in [-0.1, -0.05) is 0 Å². The fourth-order valence-electron chi connectivity index (χ4n) is 2.11. The second kappa shape index (κ2) is 7.13. The van der Waals surface area contributed by atoms with E-state index in [1.165, 1.54) is 12.8 Å². The number of hydrogen-bond donors (Lipinski definition) is 2. The second-order valence-electron chi connectivity index (χ2n) is 5.54. The van der Waals surface area contributed by atoms with Gasteiger partial charge in [0.1, 0.15) is 5.75 Å². The maximum absolute atomic E-state index is 12.1. The highest BCUT2D eigenvalue weighted by Gasteiger charge is 2.19. The lowest BCUT2D eigenvalue weighted by Crippen LogP contribution is -2.20. The predicted molar refractivity (Wildman–Crippen MR) is 85.4 cm³/mol. The summed E-state index contributed by atoms with van der Waals surface area (Å²) in [5.41, 5.74) is 1.47. The quantitative estimate of drug-likeness (QED) is 0.687. The van der Waals surface area contributed by atoms with Crippen LogP contribution in [-0.4, -0.2) is 33.9 Å². The van der Waals surface area contributed by atoms with Crippen LogP contribution < -0.4 is 14.8 Å². The van der Waals surface area contributed by atoms with Crippen molar-refractivity contribution in [3.63, 3.8) is 0 Å². The number of sulfonamides is 1. The lowest BCUT2D eigenvalue weighted by molar-refractivity contribution is 0.414. The van der Waals surface area contributed by atoms with Crippen molar-refractivity contribution < 1.29 is 13.2 Å². The molecule has 1 aromatic rings. The van der Waals surface area contributed by atoms with Crippen LogP contribution in [0.25, 0.3) is 0 Å². The van der Waals surface area contributed by atoms with Crippen molar-refractivity contribution >= 4 is 15.7 Å². The van der Waals surface area contributed by atoms with E-state index in [0.717, 1.165) is 24.3 Å². The maximum Gasteiger partial charge on any atom is 0.232 e. The lowest BCUT2D eigenvalue weighted by Gasteiger charge is -2.11. The van der Waals surface area contributed by atoms with E-state index in [2.05, 4.69) is 10.0 Å². The van der Waals surface area contributed by atoms with Gasteiger partial charge < -0.3 is 10.1 Å². The Balaban J connectivity index is 1.79. The summed E-state index contributed by atoms with van der Waals surface area (Å²) in [5.74, 6) is 0.881. The van der Waals surface area contributed by atoms with Crippen LogP contribution in [0.5, 0.6) is 5.75 Å². The summed E-state index contributed by atoms with van der Waals surface area (Å²) in [6, 6.07) is 5.99. The average molecular weight is 312 g/mol. The number of methoxy groups -OCH3 is 1. The molecule has 118 valence electrons. The zero-order valence-corrected chi connectivity index (χ0v) is 13.5. The Morgan fingerprint density at radius 3 is 2.67 bits per heavy atom. The third-order valence-corrected chi connectivity index (χ3v) is 4.91. The summed E-state index contributed by atoms with van der Waals surface area (Å²) < 4.78 is 31.9. The first-order chi connectivity index (χ1) is 10.00. The molecule has 0 aromatic heterocycles. The summed E-state index contributed by atoms with van der Waals surface area (Å²) in [4.78, 5) is 0. The minimum atomic E-state index is -3.28. The SMILES string of the molecule is COc1ccc(NS(=O)(=O)CCCCNC2CC2)c(C)c1. The first-order valence-electron chi connectivity index (χ1n) is 7.39. The van der Waals surface area contributed by atoms with E-state index < -0.39 is 10.0 Å². The van der Waals surface area contributed by atoms with E-state index in [1.807, 2.05) is 13.0 Å². The molecule has 0 amide bonds. The highest BCUT2D eigenvalue weighted by molar-refractivity contribution is 7.92. The van der Waals surface area contributed by atoms with Crippen molar-refractivity contribution in [1.82, 2.24) is 5.32 Å². The largest absolute Gasteiger partial charge is 0.497 e. The van der Waals surface area contributed by atoms with Gasteiger partial charge in [-0.15, -0.1) is 0 Å². The fraction of sp³-hybridized carbons (Fsp3) is 0.600. The molecule has 6 heteroatoms. The zero-order chi connectivity index (χ0) is 15.3.